The molecule has 1 heterocycles. The molecular weight excluding hydrogens is 345 g/mol. The normalized spacial score (nSPS) is 17.4. The Labute approximate surface area is 152 Å². The summed E-state index contributed by atoms with van der Waals surface area (Å²) in [4.78, 5) is 12.1. The average molecular weight is 370 g/mol. The Kier molecular flexibility index (Phi) is 6.03. The number of nitrogens with two attached hydrogens (primary N) is 1. The van der Waals surface area contributed by atoms with Gasteiger partial charge < -0.3 is 10.6 Å². The Hall–Kier alpha value is -1.70. The summed E-state index contributed by atoms with van der Waals surface area (Å²) in [5.74, 6) is 5.23. The van der Waals surface area contributed by atoms with Crippen molar-refractivity contribution in [3.63, 3.8) is 0 Å². The second kappa shape index (κ2) is 7.68. The molecule has 1 aliphatic rings. The van der Waals surface area contributed by atoms with Gasteiger partial charge >= 0.3 is 0 Å². The largest absolute Gasteiger partial charge is 0.351 e. The average Bonchev–Trinajstić information content (AvgIpc) is 3.08. The minimum Gasteiger partial charge on any atom is -0.351 e. The van der Waals surface area contributed by atoms with Crippen LogP contribution in [0, 0.1) is 11.2 Å². The highest BCUT2D eigenvalue weighted by atomic mass is 35.5. The quantitative estimate of drug-likeness (QED) is 0.283. The second-order valence-electron chi connectivity index (χ2n) is 7.19. The first-order valence-corrected chi connectivity index (χ1v) is 8.62. The molecule has 5 N–H and O–H groups in total. The predicted molar refractivity (Wildman–Crippen MR) is 96.9 cm³/mol. The van der Waals surface area contributed by atoms with Crippen molar-refractivity contribution in [2.75, 3.05) is 6.54 Å². The Bertz CT molecular complexity index is 668. The van der Waals surface area contributed by atoms with Crippen molar-refractivity contribution < 1.29 is 9.18 Å². The summed E-state index contributed by atoms with van der Waals surface area (Å²) in [5.41, 5.74) is 0.147. The highest BCUT2D eigenvalue weighted by molar-refractivity contribution is 6.31. The maximum atomic E-state index is 14.3. The number of carbonyl (C=O) groups excluding carboxylic acids is 1. The third-order valence-corrected chi connectivity index (χ3v) is 4.45. The van der Waals surface area contributed by atoms with E-state index in [1.807, 2.05) is 20.8 Å². The number of amides is 1. The maximum absolute atomic E-state index is 14.3. The zero-order chi connectivity index (χ0) is 18.8. The molecule has 1 amide bonds. The van der Waals surface area contributed by atoms with Crippen molar-refractivity contribution in [2.45, 2.75) is 51.7 Å². The van der Waals surface area contributed by atoms with Crippen LogP contribution in [-0.4, -0.2) is 34.9 Å². The molecule has 8 heteroatoms. The summed E-state index contributed by atoms with van der Waals surface area (Å²) in [6.07, 6.45) is 1.72. The first kappa shape index (κ1) is 19.6. The van der Waals surface area contributed by atoms with E-state index >= 15 is 0 Å². The maximum Gasteiger partial charge on any atom is 0.237 e. The van der Waals surface area contributed by atoms with Crippen LogP contribution in [0.3, 0.4) is 0 Å². The summed E-state index contributed by atoms with van der Waals surface area (Å²) in [6, 6.07) is 2.63. The van der Waals surface area contributed by atoms with Crippen molar-refractivity contribution >= 4 is 23.3 Å². The van der Waals surface area contributed by atoms with E-state index in [1.54, 1.807) is 0 Å². The van der Waals surface area contributed by atoms with E-state index in [2.05, 4.69) is 10.6 Å². The molecule has 1 aromatic rings. The van der Waals surface area contributed by atoms with Crippen molar-refractivity contribution in [1.82, 2.24) is 15.6 Å². The topological polar surface area (TPSA) is 94.2 Å². The molecule has 1 aromatic carbocycles. The standard InChI is InChI=1S/C17H25ClFN5O/c1-17(2,3)24(21)15(20)10-7-11(14(19)12(18)8-10)9-23-16(25)13-5-4-6-22-13/h7-8,13,20,22H,4-6,9,21H2,1-3H3,(H,23,25). The predicted octanol–water partition coefficient (Wildman–Crippen LogP) is 2.15. The minimum absolute atomic E-state index is 0.00375. The number of rotatable bonds is 4. The van der Waals surface area contributed by atoms with Crippen molar-refractivity contribution in [1.29, 1.82) is 5.41 Å². The van der Waals surface area contributed by atoms with Gasteiger partial charge in [-0.2, -0.15) is 0 Å². The van der Waals surface area contributed by atoms with E-state index in [9.17, 15) is 9.18 Å². The number of nitrogens with one attached hydrogen (secondary N) is 3. The molecule has 0 bridgehead atoms. The van der Waals surface area contributed by atoms with Gasteiger partial charge in [-0.15, -0.1) is 0 Å². The van der Waals surface area contributed by atoms with E-state index < -0.39 is 11.4 Å². The van der Waals surface area contributed by atoms with E-state index in [4.69, 9.17) is 22.9 Å². The van der Waals surface area contributed by atoms with Crippen molar-refractivity contribution in [3.8, 4) is 0 Å². The summed E-state index contributed by atoms with van der Waals surface area (Å²) in [6.45, 7) is 6.40. The fourth-order valence-corrected chi connectivity index (χ4v) is 2.84. The van der Waals surface area contributed by atoms with Gasteiger partial charge in [0.1, 0.15) is 11.7 Å². The van der Waals surface area contributed by atoms with Gasteiger partial charge in [0.15, 0.2) is 0 Å². The van der Waals surface area contributed by atoms with E-state index in [0.29, 0.717) is 5.56 Å². The summed E-state index contributed by atoms with van der Waals surface area (Å²) in [5, 5.41) is 15.2. The van der Waals surface area contributed by atoms with Gasteiger partial charge in [0, 0.05) is 23.2 Å². The molecule has 0 aromatic heterocycles. The monoisotopic (exact) mass is 369 g/mol. The van der Waals surface area contributed by atoms with Crippen LogP contribution in [0.1, 0.15) is 44.7 Å². The third-order valence-electron chi connectivity index (χ3n) is 4.17. The van der Waals surface area contributed by atoms with Crippen LogP contribution in [-0.2, 0) is 11.3 Å². The lowest BCUT2D eigenvalue weighted by Crippen LogP contribution is -2.50. The third kappa shape index (κ3) is 4.68. The molecule has 0 saturated carbocycles. The Morgan fingerprint density at radius 2 is 2.20 bits per heavy atom. The fourth-order valence-electron chi connectivity index (χ4n) is 2.60. The number of hydrogen-bond acceptors (Lipinski definition) is 4. The molecule has 1 fully saturated rings. The molecule has 138 valence electrons. The van der Waals surface area contributed by atoms with Crippen LogP contribution in [0.5, 0.6) is 0 Å². The van der Waals surface area contributed by atoms with Gasteiger partial charge in [-0.05, 0) is 52.3 Å². The van der Waals surface area contributed by atoms with Crippen LogP contribution in [0.15, 0.2) is 12.1 Å². The summed E-state index contributed by atoms with van der Waals surface area (Å²) < 4.78 is 14.3. The molecule has 6 nitrogen and oxygen atoms in total. The second-order valence-corrected chi connectivity index (χ2v) is 7.59. The fraction of sp³-hybridized carbons (Fsp3) is 0.529. The van der Waals surface area contributed by atoms with Crippen LogP contribution in [0.25, 0.3) is 0 Å². The minimum atomic E-state index is -0.600. The molecule has 0 aliphatic carbocycles. The first-order valence-electron chi connectivity index (χ1n) is 8.24. The van der Waals surface area contributed by atoms with E-state index in [0.717, 1.165) is 19.4 Å². The van der Waals surface area contributed by atoms with Crippen molar-refractivity contribution in [2.24, 2.45) is 5.84 Å². The lowest BCUT2D eigenvalue weighted by Gasteiger charge is -2.33. The van der Waals surface area contributed by atoms with Crippen molar-refractivity contribution in [3.05, 3.63) is 34.1 Å². The number of benzene rings is 1. The molecule has 0 radical (unpaired) electrons. The van der Waals surface area contributed by atoms with Gasteiger partial charge in [0.25, 0.3) is 0 Å². The number of nitrogens with zero attached hydrogens (tertiary/aromatic N) is 1. The molecule has 2 rings (SSSR count). The summed E-state index contributed by atoms with van der Waals surface area (Å²) >= 11 is 5.97. The number of amidine groups is 1. The molecule has 25 heavy (non-hydrogen) atoms. The summed E-state index contributed by atoms with van der Waals surface area (Å²) in [7, 11) is 0. The van der Waals surface area contributed by atoms with Gasteiger partial charge in [0.2, 0.25) is 5.91 Å². The van der Waals surface area contributed by atoms with E-state index in [-0.39, 0.29) is 34.9 Å². The number of halogens is 2. The molecule has 1 atom stereocenters. The first-order chi connectivity index (χ1) is 11.6. The van der Waals surface area contributed by atoms with Gasteiger partial charge in [-0.1, -0.05) is 11.6 Å². The lowest BCUT2D eigenvalue weighted by atomic mass is 10.0. The van der Waals surface area contributed by atoms with Crippen LogP contribution in [0.2, 0.25) is 5.02 Å². The van der Waals surface area contributed by atoms with Gasteiger partial charge in [-0.3, -0.25) is 15.2 Å². The highest BCUT2D eigenvalue weighted by Gasteiger charge is 2.24. The Morgan fingerprint density at radius 1 is 1.52 bits per heavy atom. The SMILES string of the molecule is CC(C)(C)N(N)C(=N)c1cc(Cl)c(F)c(CNC(=O)C2CCCN2)c1. The molecule has 1 saturated heterocycles. The Morgan fingerprint density at radius 3 is 2.76 bits per heavy atom. The van der Waals surface area contributed by atoms with Gasteiger partial charge in [-0.25, -0.2) is 10.2 Å². The number of hydrogen-bond donors (Lipinski definition) is 4. The van der Waals surface area contributed by atoms with Crippen LogP contribution < -0.4 is 16.5 Å². The smallest absolute Gasteiger partial charge is 0.237 e. The highest BCUT2D eigenvalue weighted by Crippen LogP contribution is 2.23. The molecular formula is C17H25ClFN5O. The molecule has 1 unspecified atom stereocenters. The van der Waals surface area contributed by atoms with Crippen LogP contribution in [0.4, 0.5) is 4.39 Å². The van der Waals surface area contributed by atoms with E-state index in [1.165, 1.54) is 17.1 Å². The molecule has 0 spiro atoms. The Balaban J connectivity index is 2.17. The zero-order valence-electron chi connectivity index (χ0n) is 14.7. The zero-order valence-corrected chi connectivity index (χ0v) is 15.5. The number of carbonyl (C=O) groups is 1. The number of hydrazine groups is 1. The van der Waals surface area contributed by atoms with Gasteiger partial charge in [0.05, 0.1) is 11.1 Å². The molecule has 1 aliphatic heterocycles. The lowest BCUT2D eigenvalue weighted by molar-refractivity contribution is -0.122. The van der Waals surface area contributed by atoms with Crippen LogP contribution >= 0.6 is 11.6 Å².